The monoisotopic (exact) mass is 483 g/mol. The van der Waals surface area contributed by atoms with Gasteiger partial charge in [0.15, 0.2) is 0 Å². The normalized spacial score (nSPS) is 12.6. The number of carbonyl (C=O) groups is 2. The second kappa shape index (κ2) is 8.29. The third kappa shape index (κ3) is 6.48. The van der Waals surface area contributed by atoms with Crippen LogP contribution < -0.4 is 5.32 Å². The number of hydrogen-bond acceptors (Lipinski definition) is 3. The molecule has 0 bridgehead atoms. The Morgan fingerprint density at radius 1 is 1.29 bits per heavy atom. The second-order valence-corrected chi connectivity index (χ2v) is 8.78. The highest BCUT2D eigenvalue weighted by Gasteiger charge is 2.23. The van der Waals surface area contributed by atoms with Crippen molar-refractivity contribution in [3.8, 4) is 0 Å². The molecular formula is C14H16Br3NO3. The van der Waals surface area contributed by atoms with Gasteiger partial charge in [0.2, 0.25) is 5.91 Å². The molecule has 1 atom stereocenters. The van der Waals surface area contributed by atoms with E-state index in [-0.39, 0.29) is 16.7 Å². The number of benzene rings is 1. The number of halogens is 3. The van der Waals surface area contributed by atoms with E-state index in [1.54, 1.807) is 38.1 Å². The summed E-state index contributed by atoms with van der Waals surface area (Å²) in [5.41, 5.74) is 1.07. The second-order valence-electron chi connectivity index (χ2n) is 4.85. The molecule has 4 nitrogen and oxygen atoms in total. The zero-order valence-corrected chi connectivity index (χ0v) is 16.4. The number of esters is 1. The fraction of sp³-hybridized carbons (Fsp3) is 0.429. The average Bonchev–Trinajstić information content (AvgIpc) is 2.44. The summed E-state index contributed by atoms with van der Waals surface area (Å²) in [5.74, 6) is -0.545. The Labute approximate surface area is 149 Å². The summed E-state index contributed by atoms with van der Waals surface area (Å²) in [7, 11) is 0. The van der Waals surface area contributed by atoms with Crippen molar-refractivity contribution in [1.82, 2.24) is 0 Å². The Morgan fingerprint density at radius 3 is 2.33 bits per heavy atom. The van der Waals surface area contributed by atoms with Crippen LogP contribution in [0.15, 0.2) is 24.3 Å². The zero-order valence-electron chi connectivity index (χ0n) is 11.7. The van der Waals surface area contributed by atoms with Crippen LogP contribution in [-0.2, 0) is 9.53 Å². The zero-order chi connectivity index (χ0) is 16.0. The lowest BCUT2D eigenvalue weighted by Crippen LogP contribution is -2.30. The third-order valence-electron chi connectivity index (χ3n) is 2.48. The predicted molar refractivity (Wildman–Crippen MR) is 94.9 cm³/mol. The molecule has 1 amide bonds. The molecule has 21 heavy (non-hydrogen) atoms. The summed E-state index contributed by atoms with van der Waals surface area (Å²) in [4.78, 5) is 23.7. The molecule has 1 unspecified atom stereocenters. The number of nitrogens with one attached hydrogen (secondary N) is 1. The van der Waals surface area contributed by atoms with Crippen LogP contribution in [0.2, 0.25) is 0 Å². The van der Waals surface area contributed by atoms with E-state index in [0.717, 1.165) is 0 Å². The van der Waals surface area contributed by atoms with Crippen LogP contribution in [0.1, 0.15) is 24.2 Å². The number of carbonyl (C=O) groups excluding carboxylic acids is 2. The first-order valence-corrected chi connectivity index (χ1v) is 9.04. The minimum atomic E-state index is -0.648. The maximum absolute atomic E-state index is 11.8. The largest absolute Gasteiger partial charge is 0.461 e. The van der Waals surface area contributed by atoms with Gasteiger partial charge in [-0.25, -0.2) is 4.79 Å². The van der Waals surface area contributed by atoms with Crippen molar-refractivity contribution in [2.24, 2.45) is 0 Å². The van der Waals surface area contributed by atoms with Gasteiger partial charge in [-0.2, -0.15) is 0 Å². The maximum Gasteiger partial charge on any atom is 0.338 e. The van der Waals surface area contributed by atoms with Gasteiger partial charge < -0.3 is 10.1 Å². The number of rotatable bonds is 6. The van der Waals surface area contributed by atoms with Gasteiger partial charge in [-0.3, -0.25) is 4.79 Å². The van der Waals surface area contributed by atoms with E-state index in [9.17, 15) is 9.59 Å². The first kappa shape index (κ1) is 18.6. The van der Waals surface area contributed by atoms with E-state index in [4.69, 9.17) is 4.74 Å². The number of anilines is 1. The summed E-state index contributed by atoms with van der Waals surface area (Å²) in [6.45, 7) is 3.81. The van der Waals surface area contributed by atoms with Gasteiger partial charge in [-0.15, -0.1) is 0 Å². The van der Waals surface area contributed by atoms with Gasteiger partial charge in [0.1, 0.15) is 6.61 Å². The first-order chi connectivity index (χ1) is 9.74. The molecule has 0 radical (unpaired) electrons. The van der Waals surface area contributed by atoms with E-state index in [1.165, 1.54) is 0 Å². The van der Waals surface area contributed by atoms with E-state index < -0.39 is 4.32 Å². The van der Waals surface area contributed by atoms with Crippen molar-refractivity contribution in [3.05, 3.63) is 29.8 Å². The Bertz CT molecular complexity index is 497. The maximum atomic E-state index is 11.8. The predicted octanol–water partition coefficient (Wildman–Crippen LogP) is 4.11. The van der Waals surface area contributed by atoms with Crippen LogP contribution in [0.3, 0.4) is 0 Å². The van der Waals surface area contributed by atoms with Crippen LogP contribution in [0, 0.1) is 0 Å². The molecule has 1 aromatic rings. The molecule has 0 saturated carbocycles. The summed E-state index contributed by atoms with van der Waals surface area (Å²) in [6, 6.07) is 6.58. The SMILES string of the molecule is CC(C)(Br)C(=O)Nc1ccc(C(=O)OCC(Br)CBr)cc1. The van der Waals surface area contributed by atoms with Gasteiger partial charge in [0.05, 0.1) is 14.7 Å². The van der Waals surface area contributed by atoms with Gasteiger partial charge in [-0.1, -0.05) is 47.8 Å². The molecule has 0 spiro atoms. The van der Waals surface area contributed by atoms with Gasteiger partial charge in [0.25, 0.3) is 0 Å². The number of alkyl halides is 3. The summed E-state index contributed by atoms with van der Waals surface area (Å²) in [5, 5.41) is 3.46. The molecule has 1 aromatic carbocycles. The van der Waals surface area contributed by atoms with Crippen molar-refractivity contribution < 1.29 is 14.3 Å². The van der Waals surface area contributed by atoms with E-state index in [0.29, 0.717) is 23.2 Å². The summed E-state index contributed by atoms with van der Waals surface area (Å²) < 4.78 is 4.50. The highest BCUT2D eigenvalue weighted by Crippen LogP contribution is 2.19. The third-order valence-corrected chi connectivity index (χ3v) is 5.08. The van der Waals surface area contributed by atoms with Crippen molar-refractivity contribution in [2.75, 3.05) is 17.3 Å². The quantitative estimate of drug-likeness (QED) is 0.487. The van der Waals surface area contributed by atoms with E-state index >= 15 is 0 Å². The average molecular weight is 486 g/mol. The molecule has 0 saturated heterocycles. The van der Waals surface area contributed by atoms with Crippen LogP contribution in [0.5, 0.6) is 0 Å². The Balaban J connectivity index is 2.61. The molecule has 1 N–H and O–H groups in total. The lowest BCUT2D eigenvalue weighted by molar-refractivity contribution is -0.117. The van der Waals surface area contributed by atoms with Crippen molar-refractivity contribution in [2.45, 2.75) is 23.0 Å². The highest BCUT2D eigenvalue weighted by atomic mass is 79.9. The van der Waals surface area contributed by atoms with Crippen LogP contribution in [-0.4, -0.2) is 33.0 Å². The molecule has 116 valence electrons. The topological polar surface area (TPSA) is 55.4 Å². The molecule has 0 fully saturated rings. The minimum absolute atomic E-state index is 0.0844. The molecule has 7 heteroatoms. The van der Waals surface area contributed by atoms with Gasteiger partial charge in [-0.05, 0) is 38.1 Å². The fourth-order valence-corrected chi connectivity index (χ4v) is 1.68. The molecular weight excluding hydrogens is 470 g/mol. The van der Waals surface area contributed by atoms with Crippen molar-refractivity contribution in [1.29, 1.82) is 0 Å². The van der Waals surface area contributed by atoms with Gasteiger partial charge >= 0.3 is 5.97 Å². The summed E-state index contributed by atoms with van der Waals surface area (Å²) >= 11 is 9.93. The molecule has 0 aromatic heterocycles. The highest BCUT2D eigenvalue weighted by molar-refractivity contribution is 9.12. The van der Waals surface area contributed by atoms with Crippen molar-refractivity contribution in [3.63, 3.8) is 0 Å². The molecule has 0 aliphatic rings. The van der Waals surface area contributed by atoms with Crippen LogP contribution >= 0.6 is 47.8 Å². The lowest BCUT2D eigenvalue weighted by Gasteiger charge is -2.16. The molecule has 0 aliphatic heterocycles. The molecule has 0 heterocycles. The Kier molecular flexibility index (Phi) is 7.36. The smallest absolute Gasteiger partial charge is 0.338 e. The van der Waals surface area contributed by atoms with Crippen LogP contribution in [0.25, 0.3) is 0 Å². The molecule has 1 rings (SSSR count). The van der Waals surface area contributed by atoms with Crippen LogP contribution in [0.4, 0.5) is 5.69 Å². The lowest BCUT2D eigenvalue weighted by atomic mass is 10.1. The summed E-state index contributed by atoms with van der Waals surface area (Å²) in [6.07, 6.45) is 0. The number of hydrogen-bond donors (Lipinski definition) is 1. The number of ether oxygens (including phenoxy) is 1. The van der Waals surface area contributed by atoms with Gasteiger partial charge in [0, 0.05) is 11.0 Å². The van der Waals surface area contributed by atoms with E-state index in [2.05, 4.69) is 53.1 Å². The van der Waals surface area contributed by atoms with Crippen molar-refractivity contribution >= 4 is 65.4 Å². The fourth-order valence-electron chi connectivity index (χ4n) is 1.26. The Morgan fingerprint density at radius 2 is 1.86 bits per heavy atom. The van der Waals surface area contributed by atoms with E-state index in [1.807, 2.05) is 0 Å². The number of amides is 1. The Hall–Kier alpha value is -0.400. The molecule has 0 aliphatic carbocycles. The standard InChI is InChI=1S/C14H16Br3NO3/c1-14(2,17)13(20)18-11-5-3-9(4-6-11)12(19)21-8-10(16)7-15/h3-6,10H,7-8H2,1-2H3,(H,18,20). The first-order valence-electron chi connectivity index (χ1n) is 6.21. The minimum Gasteiger partial charge on any atom is -0.461 e.